The maximum absolute atomic E-state index is 13.2. The van der Waals surface area contributed by atoms with Gasteiger partial charge in [0.25, 0.3) is 0 Å². The van der Waals surface area contributed by atoms with Gasteiger partial charge in [-0.25, -0.2) is 26.9 Å². The average molecular weight is 403 g/mol. The fraction of sp³-hybridized carbons (Fsp3) is 0.263. The van der Waals surface area contributed by atoms with Crippen molar-refractivity contribution in [1.29, 1.82) is 0 Å². The van der Waals surface area contributed by atoms with Crippen LogP contribution in [-0.2, 0) is 27.7 Å². The highest BCUT2D eigenvalue weighted by Crippen LogP contribution is 2.33. The third-order valence-corrected chi connectivity index (χ3v) is 6.62. The van der Waals surface area contributed by atoms with E-state index in [-0.39, 0.29) is 23.0 Å². The molecule has 146 valence electrons. The van der Waals surface area contributed by atoms with Crippen LogP contribution in [-0.4, -0.2) is 48.9 Å². The van der Waals surface area contributed by atoms with Gasteiger partial charge >= 0.3 is 5.97 Å². The molecule has 0 bridgehead atoms. The van der Waals surface area contributed by atoms with Crippen LogP contribution < -0.4 is 0 Å². The van der Waals surface area contributed by atoms with Gasteiger partial charge in [0.1, 0.15) is 10.7 Å². The molecule has 0 amide bonds. The van der Waals surface area contributed by atoms with Crippen molar-refractivity contribution in [3.63, 3.8) is 0 Å². The summed E-state index contributed by atoms with van der Waals surface area (Å²) in [7, 11) is -0.843. The topological polar surface area (TPSA) is 81.5 Å². The first-order valence-electron chi connectivity index (χ1n) is 8.64. The minimum Gasteiger partial charge on any atom is -0.461 e. The van der Waals surface area contributed by atoms with Gasteiger partial charge in [-0.1, -0.05) is 12.1 Å². The maximum Gasteiger partial charge on any atom is 0.357 e. The molecule has 3 aromatic rings. The normalized spacial score (nSPS) is 14.4. The second kappa shape index (κ2) is 6.68. The van der Waals surface area contributed by atoms with Crippen molar-refractivity contribution in [2.45, 2.75) is 17.9 Å². The summed E-state index contributed by atoms with van der Waals surface area (Å²) >= 11 is 0. The number of benzene rings is 1. The van der Waals surface area contributed by atoms with E-state index in [9.17, 15) is 17.6 Å². The zero-order valence-electron chi connectivity index (χ0n) is 15.3. The molecule has 0 saturated heterocycles. The smallest absolute Gasteiger partial charge is 0.357 e. The summed E-state index contributed by atoms with van der Waals surface area (Å²) in [5.74, 6) is -0.895. The Bertz CT molecular complexity index is 1180. The number of nitrogens with zero attached hydrogens (tertiary/aromatic N) is 3. The number of carbonyl (C=O) groups is 1. The van der Waals surface area contributed by atoms with Crippen molar-refractivity contribution < 1.29 is 22.3 Å². The molecule has 1 aliphatic heterocycles. The summed E-state index contributed by atoms with van der Waals surface area (Å²) in [6.07, 6.45) is 3.42. The minimum absolute atomic E-state index is 0.114. The molecule has 3 heterocycles. The number of sulfonamides is 1. The first-order chi connectivity index (χ1) is 13.3. The highest BCUT2D eigenvalue weighted by Gasteiger charge is 2.30. The van der Waals surface area contributed by atoms with Gasteiger partial charge in [-0.15, -0.1) is 0 Å². The standard InChI is InChI=1S/C19H18FN3O4S/c1-22(2)28(25,26)16-11-23(10-12-3-5-13(20)6-4-12)15-9-21-18-14(17(15)16)7-8-27-19(18)24/h3-6,9,11H,7-8,10H2,1-2H3. The van der Waals surface area contributed by atoms with Gasteiger partial charge in [-0.05, 0) is 23.3 Å². The lowest BCUT2D eigenvalue weighted by molar-refractivity contribution is 0.0473. The van der Waals surface area contributed by atoms with Crippen LogP contribution in [0.5, 0.6) is 0 Å². The third kappa shape index (κ3) is 2.96. The molecular weight excluding hydrogens is 385 g/mol. The van der Waals surface area contributed by atoms with E-state index in [4.69, 9.17) is 4.74 Å². The van der Waals surface area contributed by atoms with Crippen LogP contribution in [0.2, 0.25) is 0 Å². The monoisotopic (exact) mass is 403 g/mol. The zero-order valence-corrected chi connectivity index (χ0v) is 16.2. The average Bonchev–Trinajstić information content (AvgIpc) is 3.03. The fourth-order valence-corrected chi connectivity index (χ4v) is 4.49. The zero-order chi connectivity index (χ0) is 20.1. The summed E-state index contributed by atoms with van der Waals surface area (Å²) < 4.78 is 47.0. The predicted octanol–water partition coefficient (Wildman–Crippen LogP) is 2.19. The van der Waals surface area contributed by atoms with Crippen LogP contribution in [0.25, 0.3) is 10.9 Å². The summed E-state index contributed by atoms with van der Waals surface area (Å²) in [5, 5.41) is 0.484. The SMILES string of the molecule is CN(C)S(=O)(=O)c1cn(Cc2ccc(F)cc2)c2cnc3c(c12)CCOC3=O. The van der Waals surface area contributed by atoms with E-state index in [1.807, 2.05) is 0 Å². The Kier molecular flexibility index (Phi) is 4.43. The van der Waals surface area contributed by atoms with Crippen LogP contribution in [0.1, 0.15) is 21.6 Å². The molecule has 0 atom stereocenters. The molecular formula is C19H18FN3O4S. The predicted molar refractivity (Wildman–Crippen MR) is 100 cm³/mol. The molecule has 0 aliphatic carbocycles. The minimum atomic E-state index is -3.76. The van der Waals surface area contributed by atoms with Gasteiger partial charge in [0.05, 0.1) is 18.3 Å². The van der Waals surface area contributed by atoms with Crippen molar-refractivity contribution >= 4 is 26.9 Å². The Morgan fingerprint density at radius 3 is 2.64 bits per heavy atom. The molecule has 0 N–H and O–H groups in total. The number of esters is 1. The summed E-state index contributed by atoms with van der Waals surface area (Å²) in [5.41, 5.74) is 2.13. The van der Waals surface area contributed by atoms with Crippen LogP contribution in [0.15, 0.2) is 41.6 Å². The number of hydrogen-bond acceptors (Lipinski definition) is 5. The molecule has 0 radical (unpaired) electrons. The molecule has 7 nitrogen and oxygen atoms in total. The molecule has 0 fully saturated rings. The summed E-state index contributed by atoms with van der Waals surface area (Å²) in [6.45, 7) is 0.516. The maximum atomic E-state index is 13.2. The molecule has 28 heavy (non-hydrogen) atoms. The van der Waals surface area contributed by atoms with E-state index >= 15 is 0 Å². The van der Waals surface area contributed by atoms with Crippen molar-refractivity contribution in [3.8, 4) is 0 Å². The number of ether oxygens (including phenoxy) is 1. The number of aromatic nitrogens is 2. The number of cyclic esters (lactones) is 1. The molecule has 0 spiro atoms. The van der Waals surface area contributed by atoms with Gasteiger partial charge in [0, 0.05) is 38.6 Å². The molecule has 2 aromatic heterocycles. The first-order valence-corrected chi connectivity index (χ1v) is 10.1. The first kappa shape index (κ1) is 18.6. The quantitative estimate of drug-likeness (QED) is 0.624. The van der Waals surface area contributed by atoms with E-state index in [2.05, 4.69) is 4.98 Å². The van der Waals surface area contributed by atoms with Crippen molar-refractivity contribution in [2.75, 3.05) is 20.7 Å². The van der Waals surface area contributed by atoms with E-state index in [0.29, 0.717) is 29.4 Å². The molecule has 0 unspecified atom stereocenters. The highest BCUT2D eigenvalue weighted by atomic mass is 32.2. The van der Waals surface area contributed by atoms with Crippen LogP contribution >= 0.6 is 0 Å². The lowest BCUT2D eigenvalue weighted by Gasteiger charge is -2.17. The summed E-state index contributed by atoms with van der Waals surface area (Å²) in [4.78, 5) is 16.4. The van der Waals surface area contributed by atoms with Crippen LogP contribution in [0, 0.1) is 5.82 Å². The number of hydrogen-bond donors (Lipinski definition) is 0. The lowest BCUT2D eigenvalue weighted by Crippen LogP contribution is -2.23. The van der Waals surface area contributed by atoms with E-state index in [0.717, 1.165) is 9.87 Å². The number of pyridine rings is 1. The van der Waals surface area contributed by atoms with Gasteiger partial charge < -0.3 is 9.30 Å². The Morgan fingerprint density at radius 1 is 1.25 bits per heavy atom. The van der Waals surface area contributed by atoms with Crippen molar-refractivity contribution in [1.82, 2.24) is 13.9 Å². The van der Waals surface area contributed by atoms with E-state index in [1.54, 1.807) is 22.9 Å². The Labute approximate surface area is 161 Å². The van der Waals surface area contributed by atoms with Gasteiger partial charge in [0.2, 0.25) is 10.0 Å². The molecule has 9 heteroatoms. The third-order valence-electron chi connectivity index (χ3n) is 4.79. The summed E-state index contributed by atoms with van der Waals surface area (Å²) in [6, 6.07) is 6.00. The number of carbonyl (C=O) groups excluding carboxylic acids is 1. The highest BCUT2D eigenvalue weighted by molar-refractivity contribution is 7.89. The Morgan fingerprint density at radius 2 is 1.96 bits per heavy atom. The van der Waals surface area contributed by atoms with Crippen LogP contribution in [0.3, 0.4) is 0 Å². The molecule has 1 aliphatic rings. The molecule has 0 saturated carbocycles. The van der Waals surface area contributed by atoms with E-state index < -0.39 is 16.0 Å². The Hall–Kier alpha value is -2.78. The fourth-order valence-electron chi connectivity index (χ4n) is 3.35. The van der Waals surface area contributed by atoms with Gasteiger partial charge in [0.15, 0.2) is 5.69 Å². The molecule has 4 rings (SSSR count). The molecule has 1 aromatic carbocycles. The second-order valence-electron chi connectivity index (χ2n) is 6.77. The van der Waals surface area contributed by atoms with Crippen molar-refractivity contribution in [3.05, 3.63) is 59.3 Å². The second-order valence-corrected chi connectivity index (χ2v) is 8.89. The van der Waals surface area contributed by atoms with Gasteiger partial charge in [-0.3, -0.25) is 0 Å². The van der Waals surface area contributed by atoms with Gasteiger partial charge in [-0.2, -0.15) is 0 Å². The van der Waals surface area contributed by atoms with Crippen LogP contribution in [0.4, 0.5) is 4.39 Å². The van der Waals surface area contributed by atoms with Crippen molar-refractivity contribution in [2.24, 2.45) is 0 Å². The van der Waals surface area contributed by atoms with E-state index in [1.165, 1.54) is 32.4 Å². The Balaban J connectivity index is 1.97. The number of halogens is 1. The lowest BCUT2D eigenvalue weighted by atomic mass is 10.0. The number of rotatable bonds is 4. The number of fused-ring (bicyclic) bond motifs is 3. The largest absolute Gasteiger partial charge is 0.461 e.